The molecule has 0 atom stereocenters. The summed E-state index contributed by atoms with van der Waals surface area (Å²) in [6, 6.07) is 0. The van der Waals surface area contributed by atoms with Gasteiger partial charge in [-0.1, -0.05) is 31.6 Å². The number of rotatable bonds is 3. The highest BCUT2D eigenvalue weighted by atomic mass is 127. The highest BCUT2D eigenvalue weighted by Crippen LogP contribution is 2.30. The molecule has 1 rings (SSSR count). The van der Waals surface area contributed by atoms with E-state index in [1.807, 2.05) is 12.2 Å². The van der Waals surface area contributed by atoms with E-state index >= 15 is 0 Å². The van der Waals surface area contributed by atoms with Crippen LogP contribution < -0.4 is 3.53 Å². The smallest absolute Gasteiger partial charge is 0.115 e. The van der Waals surface area contributed by atoms with Crippen LogP contribution in [0.25, 0.3) is 0 Å². The molecule has 0 heterocycles. The second-order valence-electron chi connectivity index (χ2n) is 4.08. The first-order chi connectivity index (χ1) is 6.56. The molecule has 2 N–H and O–H groups in total. The monoisotopic (exact) mass is 305 g/mol. The molecule has 2 nitrogen and oxygen atoms in total. The van der Waals surface area contributed by atoms with Gasteiger partial charge in [0.25, 0.3) is 0 Å². The zero-order chi connectivity index (χ0) is 10.6. The third kappa shape index (κ3) is 3.13. The van der Waals surface area contributed by atoms with E-state index in [-0.39, 0.29) is 5.41 Å². The van der Waals surface area contributed by atoms with Crippen molar-refractivity contribution in [2.24, 2.45) is 5.41 Å². The van der Waals surface area contributed by atoms with E-state index in [1.165, 1.54) is 5.57 Å². The Bertz CT molecular complexity index is 290. The number of hydrogen-bond acceptors (Lipinski definition) is 2. The number of hydrogen-bond donors (Lipinski definition) is 2. The molecule has 0 radical (unpaired) electrons. The van der Waals surface area contributed by atoms with Gasteiger partial charge in [0, 0.05) is 29.4 Å². The van der Waals surface area contributed by atoms with Gasteiger partial charge < -0.3 is 5.11 Å². The maximum atomic E-state index is 9.32. The van der Waals surface area contributed by atoms with Gasteiger partial charge in [-0.25, -0.2) is 0 Å². The minimum absolute atomic E-state index is 0.132. The number of halogens is 1. The molecule has 1 aliphatic rings. The van der Waals surface area contributed by atoms with Crippen LogP contribution in [0.3, 0.4) is 0 Å². The predicted octanol–water partition coefficient (Wildman–Crippen LogP) is 3.28. The van der Waals surface area contributed by atoms with Crippen molar-refractivity contribution in [3.8, 4) is 0 Å². The minimum Gasteiger partial charge on any atom is -0.508 e. The molecule has 0 aliphatic heterocycles. The van der Waals surface area contributed by atoms with Gasteiger partial charge in [0.2, 0.25) is 0 Å². The average Bonchev–Trinajstić information content (AvgIpc) is 2.30. The van der Waals surface area contributed by atoms with Crippen molar-refractivity contribution in [1.82, 2.24) is 3.53 Å². The molecule has 0 aromatic carbocycles. The van der Waals surface area contributed by atoms with Gasteiger partial charge in [0.1, 0.15) is 5.76 Å². The summed E-state index contributed by atoms with van der Waals surface area (Å²) >= 11 is 2.16. The maximum absolute atomic E-state index is 9.32. The van der Waals surface area contributed by atoms with Crippen LogP contribution in [-0.4, -0.2) is 11.7 Å². The third-order valence-electron chi connectivity index (χ3n) is 2.46. The van der Waals surface area contributed by atoms with E-state index in [2.05, 4.69) is 40.2 Å². The van der Waals surface area contributed by atoms with Gasteiger partial charge >= 0.3 is 0 Å². The summed E-state index contributed by atoms with van der Waals surface area (Å²) in [5.74, 6) is 0.332. The van der Waals surface area contributed by atoms with E-state index in [0.717, 1.165) is 13.0 Å². The number of aliphatic hydroxyl groups excluding tert-OH is 1. The third-order valence-corrected chi connectivity index (χ3v) is 2.84. The predicted molar refractivity (Wildman–Crippen MR) is 68.4 cm³/mol. The van der Waals surface area contributed by atoms with E-state index in [0.29, 0.717) is 5.76 Å². The lowest BCUT2D eigenvalue weighted by molar-refractivity contribution is 0.432. The highest BCUT2D eigenvalue weighted by molar-refractivity contribution is 14.1. The molecule has 0 amide bonds. The normalized spacial score (nSPS) is 17.4. The molecule has 0 aromatic rings. The van der Waals surface area contributed by atoms with Gasteiger partial charge in [0.05, 0.1) is 0 Å². The molecular weight excluding hydrogens is 289 g/mol. The Kier molecular flexibility index (Phi) is 4.19. The molecule has 0 saturated carbocycles. The van der Waals surface area contributed by atoms with Crippen LogP contribution in [0.2, 0.25) is 0 Å². The molecule has 0 aromatic heterocycles. The summed E-state index contributed by atoms with van der Waals surface area (Å²) in [7, 11) is 0. The van der Waals surface area contributed by atoms with Gasteiger partial charge in [0.15, 0.2) is 0 Å². The molecule has 0 unspecified atom stereocenters. The first kappa shape index (κ1) is 11.8. The largest absolute Gasteiger partial charge is 0.508 e. The lowest BCUT2D eigenvalue weighted by Gasteiger charge is -2.26. The highest BCUT2D eigenvalue weighted by Gasteiger charge is 2.21. The molecule has 3 heteroatoms. The summed E-state index contributed by atoms with van der Waals surface area (Å²) in [6.07, 6.45) is 8.43. The number of aliphatic hydroxyl groups is 1. The molecular formula is C11H16INO. The lowest BCUT2D eigenvalue weighted by Crippen LogP contribution is -2.25. The molecule has 0 saturated heterocycles. The summed E-state index contributed by atoms with van der Waals surface area (Å²) in [4.78, 5) is 0. The number of nitrogens with one attached hydrogen (secondary N) is 1. The average molecular weight is 305 g/mol. The first-order valence-electron chi connectivity index (χ1n) is 4.66. The second-order valence-corrected chi connectivity index (χ2v) is 4.85. The standard InChI is InChI=1S/C11H16INO/c1-11(2,8-13-12)9-4-3-5-10(14)7-6-9/h3,5-7,13-14H,4,8H2,1-2H3. The van der Waals surface area contributed by atoms with Gasteiger partial charge in [-0.15, -0.1) is 0 Å². The van der Waals surface area contributed by atoms with Crippen molar-refractivity contribution in [2.75, 3.05) is 6.54 Å². The van der Waals surface area contributed by atoms with E-state index in [4.69, 9.17) is 0 Å². The Balaban J connectivity index is 2.83. The van der Waals surface area contributed by atoms with Gasteiger partial charge in [-0.2, -0.15) is 0 Å². The van der Waals surface area contributed by atoms with E-state index in [9.17, 15) is 5.11 Å². The van der Waals surface area contributed by atoms with E-state index in [1.54, 1.807) is 12.2 Å². The summed E-state index contributed by atoms with van der Waals surface area (Å²) < 4.78 is 3.16. The Labute approximate surface area is 99.3 Å². The quantitative estimate of drug-likeness (QED) is 0.619. The van der Waals surface area contributed by atoms with Crippen molar-refractivity contribution in [3.63, 3.8) is 0 Å². The summed E-state index contributed by atoms with van der Waals surface area (Å²) in [6.45, 7) is 5.34. The van der Waals surface area contributed by atoms with Crippen LogP contribution in [0.1, 0.15) is 20.3 Å². The molecule has 0 spiro atoms. The zero-order valence-electron chi connectivity index (χ0n) is 8.55. The molecule has 1 aliphatic carbocycles. The SMILES string of the molecule is CC(C)(CNI)C1=CC=C(O)C=CC1. The Morgan fingerprint density at radius 2 is 2.21 bits per heavy atom. The minimum atomic E-state index is 0.132. The van der Waals surface area contributed by atoms with Crippen molar-refractivity contribution in [1.29, 1.82) is 0 Å². The van der Waals surface area contributed by atoms with Gasteiger partial charge in [-0.3, -0.25) is 3.53 Å². The fourth-order valence-corrected chi connectivity index (χ4v) is 2.35. The van der Waals surface area contributed by atoms with Crippen LogP contribution in [0.5, 0.6) is 0 Å². The lowest BCUT2D eigenvalue weighted by atomic mass is 9.82. The van der Waals surface area contributed by atoms with Crippen LogP contribution in [0.15, 0.2) is 35.6 Å². The van der Waals surface area contributed by atoms with Crippen LogP contribution in [-0.2, 0) is 0 Å². The van der Waals surface area contributed by atoms with Crippen molar-refractivity contribution in [3.05, 3.63) is 35.6 Å². The summed E-state index contributed by atoms with van der Waals surface area (Å²) in [5, 5.41) is 9.32. The molecule has 0 fully saturated rings. The number of allylic oxidation sites excluding steroid dienone is 4. The Morgan fingerprint density at radius 3 is 2.86 bits per heavy atom. The van der Waals surface area contributed by atoms with Crippen molar-refractivity contribution < 1.29 is 5.11 Å². The maximum Gasteiger partial charge on any atom is 0.115 e. The molecule has 0 bridgehead atoms. The second kappa shape index (κ2) is 4.98. The van der Waals surface area contributed by atoms with Gasteiger partial charge in [-0.05, 0) is 24.0 Å². The van der Waals surface area contributed by atoms with Crippen molar-refractivity contribution >= 4 is 22.9 Å². The fraction of sp³-hybridized carbons (Fsp3) is 0.455. The van der Waals surface area contributed by atoms with E-state index < -0.39 is 0 Å². The van der Waals surface area contributed by atoms with Crippen LogP contribution in [0, 0.1) is 5.41 Å². The topological polar surface area (TPSA) is 32.3 Å². The van der Waals surface area contributed by atoms with Crippen molar-refractivity contribution in [2.45, 2.75) is 20.3 Å². The first-order valence-corrected chi connectivity index (χ1v) is 5.74. The summed E-state index contributed by atoms with van der Waals surface area (Å²) in [5.41, 5.74) is 1.47. The Morgan fingerprint density at radius 1 is 1.50 bits per heavy atom. The molecule has 78 valence electrons. The van der Waals surface area contributed by atoms with Crippen LogP contribution >= 0.6 is 22.9 Å². The van der Waals surface area contributed by atoms with Crippen LogP contribution in [0.4, 0.5) is 0 Å². The Hall–Kier alpha value is -0.290. The molecule has 14 heavy (non-hydrogen) atoms. The zero-order valence-corrected chi connectivity index (χ0v) is 10.7. The fourth-order valence-electron chi connectivity index (χ4n) is 1.40.